The maximum absolute atomic E-state index is 5.62. The fraction of sp³-hybridized carbons (Fsp3) is 0.538. The van der Waals surface area contributed by atoms with Crippen LogP contribution in [0.15, 0.2) is 24.3 Å². The van der Waals surface area contributed by atoms with Crippen molar-refractivity contribution in [2.45, 2.75) is 19.8 Å². The van der Waals surface area contributed by atoms with Crippen molar-refractivity contribution < 1.29 is 9.47 Å². The SMILES string of the molecule is CCOCCCOc1cccc(CCN)c1. The molecular weight excluding hydrogens is 202 g/mol. The number of nitrogens with two attached hydrogens (primary N) is 1. The Bertz CT molecular complexity index is 289. The maximum atomic E-state index is 5.62. The first-order chi connectivity index (χ1) is 7.86. The number of hydrogen-bond acceptors (Lipinski definition) is 3. The van der Waals surface area contributed by atoms with E-state index in [1.165, 1.54) is 5.56 Å². The summed E-state index contributed by atoms with van der Waals surface area (Å²) in [6, 6.07) is 8.09. The van der Waals surface area contributed by atoms with Crippen LogP contribution in [-0.2, 0) is 11.2 Å². The summed E-state index contributed by atoms with van der Waals surface area (Å²) in [6.45, 7) is 4.90. The Morgan fingerprint density at radius 2 is 2.12 bits per heavy atom. The molecule has 0 fully saturated rings. The highest BCUT2D eigenvalue weighted by Gasteiger charge is 1.96. The molecule has 0 atom stereocenters. The second-order valence-corrected chi connectivity index (χ2v) is 3.59. The van der Waals surface area contributed by atoms with Crippen LogP contribution in [0.1, 0.15) is 18.9 Å². The summed E-state index contributed by atoms with van der Waals surface area (Å²) < 4.78 is 10.9. The first kappa shape index (κ1) is 13.0. The fourth-order valence-corrected chi connectivity index (χ4v) is 1.45. The van der Waals surface area contributed by atoms with E-state index < -0.39 is 0 Å². The van der Waals surface area contributed by atoms with Gasteiger partial charge in [0.2, 0.25) is 0 Å². The van der Waals surface area contributed by atoms with Gasteiger partial charge in [-0.2, -0.15) is 0 Å². The molecule has 1 aromatic carbocycles. The molecule has 0 aliphatic rings. The van der Waals surface area contributed by atoms with Crippen LogP contribution in [0.4, 0.5) is 0 Å². The molecule has 2 N–H and O–H groups in total. The fourth-order valence-electron chi connectivity index (χ4n) is 1.45. The summed E-state index contributed by atoms with van der Waals surface area (Å²) >= 11 is 0. The average Bonchev–Trinajstić information content (AvgIpc) is 2.30. The highest BCUT2D eigenvalue weighted by Crippen LogP contribution is 2.13. The van der Waals surface area contributed by atoms with E-state index >= 15 is 0 Å². The van der Waals surface area contributed by atoms with Gasteiger partial charge in [0.1, 0.15) is 5.75 Å². The number of hydrogen-bond donors (Lipinski definition) is 1. The van der Waals surface area contributed by atoms with Crippen molar-refractivity contribution in [3.05, 3.63) is 29.8 Å². The number of ether oxygens (including phenoxy) is 2. The minimum Gasteiger partial charge on any atom is -0.493 e. The van der Waals surface area contributed by atoms with E-state index in [2.05, 4.69) is 6.07 Å². The third-order valence-electron chi connectivity index (χ3n) is 2.24. The monoisotopic (exact) mass is 223 g/mol. The van der Waals surface area contributed by atoms with E-state index in [4.69, 9.17) is 15.2 Å². The lowest BCUT2D eigenvalue weighted by molar-refractivity contribution is 0.131. The highest BCUT2D eigenvalue weighted by atomic mass is 16.5. The molecule has 3 heteroatoms. The van der Waals surface area contributed by atoms with E-state index in [1.807, 2.05) is 25.1 Å². The molecule has 0 spiro atoms. The molecule has 1 aromatic rings. The predicted octanol–water partition coefficient (Wildman–Crippen LogP) is 1.99. The molecule has 0 unspecified atom stereocenters. The van der Waals surface area contributed by atoms with Crippen molar-refractivity contribution in [3.8, 4) is 5.75 Å². The Balaban J connectivity index is 2.27. The van der Waals surface area contributed by atoms with Crippen molar-refractivity contribution in [1.29, 1.82) is 0 Å². The minimum absolute atomic E-state index is 0.674. The molecular formula is C13H21NO2. The molecule has 0 aliphatic carbocycles. The van der Waals surface area contributed by atoms with Crippen LogP contribution < -0.4 is 10.5 Å². The van der Waals surface area contributed by atoms with Crippen LogP contribution in [0.25, 0.3) is 0 Å². The van der Waals surface area contributed by atoms with E-state index in [0.29, 0.717) is 13.2 Å². The summed E-state index contributed by atoms with van der Waals surface area (Å²) in [6.07, 6.45) is 1.82. The van der Waals surface area contributed by atoms with Gasteiger partial charge in [-0.3, -0.25) is 0 Å². The zero-order valence-corrected chi connectivity index (χ0v) is 9.95. The van der Waals surface area contributed by atoms with Gasteiger partial charge in [0.15, 0.2) is 0 Å². The summed E-state index contributed by atoms with van der Waals surface area (Å²) in [4.78, 5) is 0. The molecule has 0 amide bonds. The highest BCUT2D eigenvalue weighted by molar-refractivity contribution is 5.28. The first-order valence-corrected chi connectivity index (χ1v) is 5.86. The standard InChI is InChI=1S/C13H21NO2/c1-2-15-9-4-10-16-13-6-3-5-12(11-13)7-8-14/h3,5-6,11H,2,4,7-10,14H2,1H3. The first-order valence-electron chi connectivity index (χ1n) is 5.86. The lowest BCUT2D eigenvalue weighted by Gasteiger charge is -2.07. The molecule has 0 saturated carbocycles. The summed E-state index contributed by atoms with van der Waals surface area (Å²) in [5.74, 6) is 0.919. The van der Waals surface area contributed by atoms with Gasteiger partial charge in [-0.15, -0.1) is 0 Å². The lowest BCUT2D eigenvalue weighted by atomic mass is 10.1. The molecule has 16 heavy (non-hydrogen) atoms. The van der Waals surface area contributed by atoms with Crippen LogP contribution in [0, 0.1) is 0 Å². The average molecular weight is 223 g/mol. The van der Waals surface area contributed by atoms with Crippen LogP contribution >= 0.6 is 0 Å². The van der Waals surface area contributed by atoms with Gasteiger partial charge in [0, 0.05) is 19.6 Å². The third-order valence-corrected chi connectivity index (χ3v) is 2.24. The minimum atomic E-state index is 0.674. The topological polar surface area (TPSA) is 44.5 Å². The van der Waals surface area contributed by atoms with Crippen molar-refractivity contribution in [1.82, 2.24) is 0 Å². The lowest BCUT2D eigenvalue weighted by Crippen LogP contribution is -2.04. The zero-order valence-electron chi connectivity index (χ0n) is 9.95. The van der Waals surface area contributed by atoms with Gasteiger partial charge < -0.3 is 15.2 Å². The van der Waals surface area contributed by atoms with Crippen molar-refractivity contribution in [3.63, 3.8) is 0 Å². The molecule has 0 heterocycles. The Labute approximate surface area is 97.6 Å². The molecule has 0 radical (unpaired) electrons. The van der Waals surface area contributed by atoms with Gasteiger partial charge in [-0.1, -0.05) is 12.1 Å². The van der Waals surface area contributed by atoms with Gasteiger partial charge in [-0.25, -0.2) is 0 Å². The third kappa shape index (κ3) is 5.14. The van der Waals surface area contributed by atoms with Crippen LogP contribution in [0.3, 0.4) is 0 Å². The van der Waals surface area contributed by atoms with E-state index in [-0.39, 0.29) is 0 Å². The molecule has 0 saturated heterocycles. The largest absolute Gasteiger partial charge is 0.493 e. The van der Waals surface area contributed by atoms with Crippen molar-refractivity contribution >= 4 is 0 Å². The van der Waals surface area contributed by atoms with Crippen LogP contribution in [0.5, 0.6) is 5.75 Å². The molecule has 0 aromatic heterocycles. The van der Waals surface area contributed by atoms with E-state index in [1.54, 1.807) is 0 Å². The molecule has 90 valence electrons. The Morgan fingerprint density at radius 1 is 1.25 bits per heavy atom. The van der Waals surface area contributed by atoms with Crippen LogP contribution in [-0.4, -0.2) is 26.4 Å². The van der Waals surface area contributed by atoms with Gasteiger partial charge >= 0.3 is 0 Å². The quantitative estimate of drug-likeness (QED) is 0.685. The van der Waals surface area contributed by atoms with E-state index in [9.17, 15) is 0 Å². The zero-order chi connectivity index (χ0) is 11.6. The smallest absolute Gasteiger partial charge is 0.119 e. The normalized spacial score (nSPS) is 10.4. The number of rotatable bonds is 8. The van der Waals surface area contributed by atoms with Crippen molar-refractivity contribution in [2.75, 3.05) is 26.4 Å². The Kier molecular flexibility index (Phi) is 6.61. The summed E-state index contributed by atoms with van der Waals surface area (Å²) in [5, 5.41) is 0. The summed E-state index contributed by atoms with van der Waals surface area (Å²) in [7, 11) is 0. The van der Waals surface area contributed by atoms with Gasteiger partial charge in [0.05, 0.1) is 6.61 Å². The maximum Gasteiger partial charge on any atom is 0.119 e. The Hall–Kier alpha value is -1.06. The van der Waals surface area contributed by atoms with Gasteiger partial charge in [-0.05, 0) is 37.6 Å². The predicted molar refractivity (Wildman–Crippen MR) is 65.8 cm³/mol. The summed E-state index contributed by atoms with van der Waals surface area (Å²) in [5.41, 5.74) is 6.73. The van der Waals surface area contributed by atoms with Crippen molar-refractivity contribution in [2.24, 2.45) is 5.73 Å². The van der Waals surface area contributed by atoms with Crippen LogP contribution in [0.2, 0.25) is 0 Å². The second-order valence-electron chi connectivity index (χ2n) is 3.59. The molecule has 0 aliphatic heterocycles. The molecule has 1 rings (SSSR count). The second kappa shape index (κ2) is 8.13. The molecule has 0 bridgehead atoms. The molecule has 3 nitrogen and oxygen atoms in total. The van der Waals surface area contributed by atoms with E-state index in [0.717, 1.165) is 31.8 Å². The Morgan fingerprint density at radius 3 is 2.88 bits per heavy atom. The number of benzene rings is 1. The van der Waals surface area contributed by atoms with Gasteiger partial charge in [0.25, 0.3) is 0 Å².